The van der Waals surface area contributed by atoms with Crippen molar-refractivity contribution in [2.45, 2.75) is 45.1 Å². The summed E-state index contributed by atoms with van der Waals surface area (Å²) < 4.78 is 0. The maximum atomic E-state index is 13.4. The topological polar surface area (TPSA) is 96.8 Å². The molecule has 176 valence electrons. The fourth-order valence-electron chi connectivity index (χ4n) is 5.75. The van der Waals surface area contributed by atoms with Crippen LogP contribution >= 0.6 is 11.6 Å². The number of hydrogen-bond donors (Lipinski definition) is 1. The average Bonchev–Trinajstić information content (AvgIpc) is 3.53. The minimum atomic E-state index is -0.510. The third-order valence-electron chi connectivity index (χ3n) is 7.49. The zero-order chi connectivity index (χ0) is 24.4. The Kier molecular flexibility index (Phi) is 4.87. The lowest BCUT2D eigenvalue weighted by atomic mass is 9.77. The highest BCUT2D eigenvalue weighted by Gasteiger charge is 2.53. The minimum Gasteiger partial charge on any atom is -0.331 e. The van der Waals surface area contributed by atoms with E-state index in [1.807, 2.05) is 12.1 Å². The van der Waals surface area contributed by atoms with E-state index in [1.165, 1.54) is 21.4 Å². The third kappa shape index (κ3) is 3.08. The molecule has 8 nitrogen and oxygen atoms in total. The summed E-state index contributed by atoms with van der Waals surface area (Å²) in [6.07, 6.45) is 12.4. The highest BCUT2D eigenvalue weighted by atomic mass is 35.5. The van der Waals surface area contributed by atoms with Crippen LogP contribution in [0.25, 0.3) is 0 Å². The first kappa shape index (κ1) is 21.7. The monoisotopic (exact) mass is 487 g/mol. The number of imide groups is 1. The number of halogens is 1. The molecule has 1 aromatic rings. The van der Waals surface area contributed by atoms with Gasteiger partial charge >= 0.3 is 12.1 Å². The lowest BCUT2D eigenvalue weighted by molar-refractivity contribution is -0.114. The number of amides is 5. The normalized spacial score (nSPS) is 24.4. The third-order valence-corrected chi connectivity index (χ3v) is 7.98. The summed E-state index contributed by atoms with van der Waals surface area (Å²) in [6, 6.07) is 4.21. The Morgan fingerprint density at radius 1 is 1.23 bits per heavy atom. The second-order valence-electron chi connectivity index (χ2n) is 9.36. The van der Waals surface area contributed by atoms with E-state index in [2.05, 4.69) is 17.5 Å². The van der Waals surface area contributed by atoms with Crippen LogP contribution in [0.15, 0.2) is 59.2 Å². The van der Waals surface area contributed by atoms with Crippen molar-refractivity contribution in [3.8, 4) is 6.07 Å². The van der Waals surface area contributed by atoms with Crippen LogP contribution in [0.2, 0.25) is 5.02 Å². The van der Waals surface area contributed by atoms with Gasteiger partial charge < -0.3 is 5.32 Å². The van der Waals surface area contributed by atoms with Gasteiger partial charge in [-0.25, -0.2) is 14.5 Å². The van der Waals surface area contributed by atoms with Gasteiger partial charge in [0.15, 0.2) is 0 Å². The predicted molar refractivity (Wildman–Crippen MR) is 129 cm³/mol. The van der Waals surface area contributed by atoms with Gasteiger partial charge in [0.25, 0.3) is 5.91 Å². The Hall–Kier alpha value is -3.83. The molecule has 5 amide bonds. The van der Waals surface area contributed by atoms with E-state index in [9.17, 15) is 19.6 Å². The van der Waals surface area contributed by atoms with E-state index in [0.29, 0.717) is 35.0 Å². The van der Waals surface area contributed by atoms with Crippen molar-refractivity contribution in [2.24, 2.45) is 5.92 Å². The van der Waals surface area contributed by atoms with Crippen LogP contribution in [0, 0.1) is 24.2 Å². The van der Waals surface area contributed by atoms with Gasteiger partial charge in [0, 0.05) is 12.6 Å². The maximum Gasteiger partial charge on any atom is 0.340 e. The van der Waals surface area contributed by atoms with E-state index in [4.69, 9.17) is 11.6 Å². The summed E-state index contributed by atoms with van der Waals surface area (Å²) in [6.45, 7) is 1.67. The number of hydrogen-bond acceptors (Lipinski definition) is 4. The number of rotatable bonds is 2. The second kappa shape index (κ2) is 7.85. The van der Waals surface area contributed by atoms with Gasteiger partial charge in [-0.05, 0) is 55.4 Å². The number of anilines is 1. The molecule has 0 radical (unpaired) electrons. The fourth-order valence-corrected chi connectivity index (χ4v) is 5.95. The Bertz CT molecular complexity index is 1380. The zero-order valence-corrected chi connectivity index (χ0v) is 19.8. The van der Waals surface area contributed by atoms with Gasteiger partial charge in [-0.15, -0.1) is 0 Å². The van der Waals surface area contributed by atoms with Gasteiger partial charge in [-0.1, -0.05) is 36.2 Å². The first-order valence-corrected chi connectivity index (χ1v) is 12.1. The molecule has 35 heavy (non-hydrogen) atoms. The number of nitrogens with one attached hydrogen (secondary N) is 1. The molecule has 5 aliphatic rings. The number of nitrogens with zero attached hydrogens (tertiary/aromatic N) is 4. The molecule has 2 unspecified atom stereocenters. The maximum absolute atomic E-state index is 13.4. The molecule has 2 atom stereocenters. The standard InChI is InChI=1S/C26H22ClN5O3/c1-14-20(10-9-16(12-28)22(14)27)32-24(33)23-21-11-17(31(23)26(32)35)13-30(21)25(34)29-19-8-4-6-15-5-2-3-7-18(15)19/h2-3,7,9-10,13,15,19H,4-6,8,11H2,1H3,(H,29,34). The number of allylic oxidation sites excluding steroid dienone is 3. The average molecular weight is 488 g/mol. The summed E-state index contributed by atoms with van der Waals surface area (Å²) in [5.41, 5.74) is 3.61. The molecule has 0 spiro atoms. The Morgan fingerprint density at radius 3 is 2.86 bits per heavy atom. The Morgan fingerprint density at radius 2 is 2.06 bits per heavy atom. The molecule has 1 aromatic carbocycles. The quantitative estimate of drug-likeness (QED) is 0.604. The van der Waals surface area contributed by atoms with Crippen molar-refractivity contribution in [3.63, 3.8) is 0 Å². The highest BCUT2D eigenvalue weighted by molar-refractivity contribution is 6.34. The van der Waals surface area contributed by atoms with Crippen molar-refractivity contribution in [2.75, 3.05) is 4.90 Å². The summed E-state index contributed by atoms with van der Waals surface area (Å²) in [4.78, 5) is 43.9. The van der Waals surface area contributed by atoms with Crippen LogP contribution in [0.1, 0.15) is 43.2 Å². The van der Waals surface area contributed by atoms with E-state index in [-0.39, 0.29) is 28.4 Å². The van der Waals surface area contributed by atoms with Crippen molar-refractivity contribution in [3.05, 3.63) is 75.4 Å². The number of nitriles is 1. The van der Waals surface area contributed by atoms with Gasteiger partial charge in [-0.2, -0.15) is 5.26 Å². The second-order valence-corrected chi connectivity index (χ2v) is 9.74. The SMILES string of the molecule is Cc1c(N2C(=O)C3=C4CC(=CN4C(=O)NC4CCCC5CC=CC=C54)N3C2=O)ccc(C#N)c1Cl. The first-order valence-electron chi connectivity index (χ1n) is 11.7. The molecule has 3 aliphatic heterocycles. The summed E-state index contributed by atoms with van der Waals surface area (Å²) in [5, 5.41) is 12.6. The molecule has 0 aromatic heterocycles. The van der Waals surface area contributed by atoms with Crippen molar-refractivity contribution < 1.29 is 14.4 Å². The highest BCUT2D eigenvalue weighted by Crippen LogP contribution is 2.47. The molecule has 3 heterocycles. The van der Waals surface area contributed by atoms with Crippen LogP contribution in [-0.4, -0.2) is 33.8 Å². The van der Waals surface area contributed by atoms with Gasteiger partial charge in [0.2, 0.25) is 0 Å². The number of urea groups is 2. The molecule has 6 rings (SSSR count). The van der Waals surface area contributed by atoms with Crippen LogP contribution in [0.3, 0.4) is 0 Å². The van der Waals surface area contributed by atoms with E-state index in [1.54, 1.807) is 19.2 Å². The minimum absolute atomic E-state index is 0.0359. The first-order chi connectivity index (χ1) is 16.9. The molecular formula is C26H22ClN5O3. The van der Waals surface area contributed by atoms with Gasteiger partial charge in [-0.3, -0.25) is 14.6 Å². The van der Waals surface area contributed by atoms with E-state index < -0.39 is 11.9 Å². The molecule has 2 bridgehead atoms. The number of carbonyl (C=O) groups is 3. The van der Waals surface area contributed by atoms with Gasteiger partial charge in [0.05, 0.1) is 33.7 Å². The van der Waals surface area contributed by atoms with Crippen LogP contribution < -0.4 is 10.2 Å². The largest absolute Gasteiger partial charge is 0.340 e. The lowest BCUT2D eigenvalue weighted by Gasteiger charge is -2.35. The molecule has 2 fully saturated rings. The van der Waals surface area contributed by atoms with Crippen LogP contribution in [0.5, 0.6) is 0 Å². The predicted octanol–water partition coefficient (Wildman–Crippen LogP) is 4.83. The van der Waals surface area contributed by atoms with Crippen molar-refractivity contribution in [1.29, 1.82) is 5.26 Å². The summed E-state index contributed by atoms with van der Waals surface area (Å²) >= 11 is 6.29. The number of carbonyl (C=O) groups excluding carboxylic acids is 3. The van der Waals surface area contributed by atoms with Crippen LogP contribution in [0.4, 0.5) is 15.3 Å². The molecule has 1 N–H and O–H groups in total. The zero-order valence-electron chi connectivity index (χ0n) is 19.0. The van der Waals surface area contributed by atoms with Crippen LogP contribution in [-0.2, 0) is 4.79 Å². The lowest BCUT2D eigenvalue weighted by Crippen LogP contribution is -2.45. The summed E-state index contributed by atoms with van der Waals surface area (Å²) in [7, 11) is 0. The molecule has 2 aliphatic carbocycles. The van der Waals surface area contributed by atoms with E-state index in [0.717, 1.165) is 30.6 Å². The fraction of sp³-hybridized carbons (Fsp3) is 0.308. The molecule has 1 saturated heterocycles. The van der Waals surface area contributed by atoms with Crippen molar-refractivity contribution >= 4 is 35.3 Å². The molecular weight excluding hydrogens is 466 g/mol. The van der Waals surface area contributed by atoms with Gasteiger partial charge in [0.1, 0.15) is 11.8 Å². The molecule has 1 saturated carbocycles. The summed E-state index contributed by atoms with van der Waals surface area (Å²) in [5.74, 6) is -0.0392. The van der Waals surface area contributed by atoms with E-state index >= 15 is 0 Å². The number of fused-ring (bicyclic) bond motifs is 5. The number of benzene rings is 1. The smallest absolute Gasteiger partial charge is 0.331 e. The molecule has 9 heteroatoms. The van der Waals surface area contributed by atoms with Crippen molar-refractivity contribution in [1.82, 2.24) is 15.1 Å². The Labute approximate surface area is 207 Å². The Balaban J connectivity index is 1.29.